The molecule has 35 heavy (non-hydrogen) atoms. The Bertz CT molecular complexity index is 882. The number of likely N-dealkylation sites (tertiary alicyclic amines) is 2. The van der Waals surface area contributed by atoms with Gasteiger partial charge in [0.1, 0.15) is 18.2 Å². The lowest BCUT2D eigenvalue weighted by molar-refractivity contribution is -0.173. The lowest BCUT2D eigenvalue weighted by Crippen LogP contribution is -2.56. The Morgan fingerprint density at radius 3 is 2.69 bits per heavy atom. The number of hydrogen-bond donors (Lipinski definition) is 2. The molecule has 1 aromatic rings. The highest BCUT2D eigenvalue weighted by atomic mass is 19.4. The quantitative estimate of drug-likeness (QED) is 0.557. The van der Waals surface area contributed by atoms with Crippen LogP contribution in [-0.2, 0) is 0 Å². The molecule has 196 valence electrons. The molecule has 4 aliphatic rings. The average Bonchev–Trinajstić information content (AvgIpc) is 3.25. The lowest BCUT2D eigenvalue weighted by Gasteiger charge is -2.53. The highest BCUT2D eigenvalue weighted by Crippen LogP contribution is 2.52. The number of aromatic nitrogens is 1. The summed E-state index contributed by atoms with van der Waals surface area (Å²) in [5, 5.41) is 0. The van der Waals surface area contributed by atoms with Crippen molar-refractivity contribution in [3.8, 4) is 5.75 Å². The van der Waals surface area contributed by atoms with Gasteiger partial charge in [-0.15, -0.1) is 0 Å². The summed E-state index contributed by atoms with van der Waals surface area (Å²) in [5.41, 5.74) is 6.58. The molecular formula is C24H34F5N5O. The summed E-state index contributed by atoms with van der Waals surface area (Å²) in [6, 6.07) is 0.467. The van der Waals surface area contributed by atoms with E-state index < -0.39 is 24.6 Å². The molecule has 1 aromatic heterocycles. The molecule has 1 saturated carbocycles. The fraction of sp³-hybridized carbons (Fsp3) is 0.792. The molecule has 0 aromatic carbocycles. The fourth-order valence-electron chi connectivity index (χ4n) is 6.79. The Morgan fingerprint density at radius 1 is 1.17 bits per heavy atom. The topological polar surface area (TPSA) is 52.7 Å². The van der Waals surface area contributed by atoms with Gasteiger partial charge in [0.25, 0.3) is 0 Å². The van der Waals surface area contributed by atoms with Crippen LogP contribution in [0.1, 0.15) is 37.9 Å². The fourth-order valence-corrected chi connectivity index (χ4v) is 6.79. The largest absolute Gasteiger partial charge is 0.491 e. The normalized spacial score (nSPS) is 34.3. The number of ether oxygens (including phenoxy) is 1. The van der Waals surface area contributed by atoms with E-state index in [1.807, 2.05) is 6.92 Å². The second-order valence-corrected chi connectivity index (χ2v) is 10.7. The highest BCUT2D eigenvalue weighted by Gasteiger charge is 2.53. The third-order valence-corrected chi connectivity index (χ3v) is 8.41. The van der Waals surface area contributed by atoms with E-state index in [1.165, 1.54) is 17.2 Å². The first-order valence-electron chi connectivity index (χ1n) is 12.6. The first-order chi connectivity index (χ1) is 16.7. The number of hydrogen-bond acceptors (Lipinski definition) is 6. The predicted octanol–water partition coefficient (Wildman–Crippen LogP) is 3.32. The Kier molecular flexibility index (Phi) is 7.22. The van der Waals surface area contributed by atoms with Crippen LogP contribution in [0.5, 0.6) is 5.75 Å². The van der Waals surface area contributed by atoms with Gasteiger partial charge in [-0.3, -0.25) is 30.0 Å². The molecule has 5 rings (SSSR count). The van der Waals surface area contributed by atoms with Crippen LogP contribution in [0.4, 0.5) is 22.0 Å². The SMILES string of the molecule is C[C@@H]1CC2C3CNNC3CCC2[C@@H](c2ncc(OCCN3CC(CF)C3)cc2F)N1CC(F)(F)F. The first-order valence-corrected chi connectivity index (χ1v) is 12.6. The standard InChI is InChI=1S/C24H34F5N5O/c1-14-6-18-17(2-3-21-19(18)10-31-32-21)23(34(14)13-24(27,28)29)22-20(26)7-16(9-30-22)35-5-4-33-11-15(8-25)12-33/h7,9,14-15,17-19,21,23,31-32H,2-6,8,10-13H2,1H3/t14-,17?,18?,19?,21?,23+/m1/s1. The summed E-state index contributed by atoms with van der Waals surface area (Å²) in [5.74, 6) is 0.127. The number of pyridine rings is 1. The van der Waals surface area contributed by atoms with E-state index in [2.05, 4.69) is 20.7 Å². The maximum absolute atomic E-state index is 15.4. The van der Waals surface area contributed by atoms with Crippen LogP contribution in [0.25, 0.3) is 0 Å². The van der Waals surface area contributed by atoms with Crippen LogP contribution in [0.15, 0.2) is 12.3 Å². The number of piperidine rings is 1. The second-order valence-electron chi connectivity index (χ2n) is 10.7. The summed E-state index contributed by atoms with van der Waals surface area (Å²) in [6.45, 7) is 3.48. The number of nitrogens with zero attached hydrogens (tertiary/aromatic N) is 3. The molecule has 3 aliphatic heterocycles. The van der Waals surface area contributed by atoms with E-state index in [0.29, 0.717) is 44.6 Å². The van der Waals surface area contributed by atoms with E-state index in [-0.39, 0.29) is 41.9 Å². The Hall–Kier alpha value is -1.56. The van der Waals surface area contributed by atoms with Crippen LogP contribution in [0, 0.1) is 29.5 Å². The Labute approximate surface area is 202 Å². The minimum Gasteiger partial charge on any atom is -0.491 e. The van der Waals surface area contributed by atoms with Crippen molar-refractivity contribution in [1.82, 2.24) is 25.6 Å². The van der Waals surface area contributed by atoms with Crippen molar-refractivity contribution in [1.29, 1.82) is 0 Å². The van der Waals surface area contributed by atoms with Crippen molar-refractivity contribution in [2.45, 2.75) is 50.5 Å². The molecule has 3 saturated heterocycles. The molecule has 11 heteroatoms. The average molecular weight is 504 g/mol. The van der Waals surface area contributed by atoms with E-state index in [0.717, 1.165) is 19.4 Å². The number of halogens is 5. The Morgan fingerprint density at radius 2 is 1.97 bits per heavy atom. The molecule has 1 aliphatic carbocycles. The summed E-state index contributed by atoms with van der Waals surface area (Å²) in [7, 11) is 0. The molecule has 6 nitrogen and oxygen atoms in total. The third kappa shape index (κ3) is 5.28. The van der Waals surface area contributed by atoms with E-state index in [1.54, 1.807) is 0 Å². The van der Waals surface area contributed by atoms with Crippen molar-refractivity contribution >= 4 is 0 Å². The summed E-state index contributed by atoms with van der Waals surface area (Å²) in [6.07, 6.45) is -0.744. The van der Waals surface area contributed by atoms with Crippen molar-refractivity contribution in [2.75, 3.05) is 46.0 Å². The minimum atomic E-state index is -4.38. The molecule has 0 radical (unpaired) electrons. The van der Waals surface area contributed by atoms with Gasteiger partial charge in [-0.05, 0) is 43.9 Å². The molecule has 6 atom stereocenters. The van der Waals surface area contributed by atoms with Crippen molar-refractivity contribution < 1.29 is 26.7 Å². The molecule has 0 spiro atoms. The Balaban J connectivity index is 1.34. The summed E-state index contributed by atoms with van der Waals surface area (Å²) >= 11 is 0. The summed E-state index contributed by atoms with van der Waals surface area (Å²) in [4.78, 5) is 7.82. The van der Waals surface area contributed by atoms with Crippen molar-refractivity contribution in [3.05, 3.63) is 23.8 Å². The predicted molar refractivity (Wildman–Crippen MR) is 120 cm³/mol. The zero-order valence-electron chi connectivity index (χ0n) is 19.9. The van der Waals surface area contributed by atoms with Crippen molar-refractivity contribution in [3.63, 3.8) is 0 Å². The van der Waals surface area contributed by atoms with Crippen LogP contribution < -0.4 is 15.6 Å². The van der Waals surface area contributed by atoms with Gasteiger partial charge >= 0.3 is 6.18 Å². The molecular weight excluding hydrogens is 469 g/mol. The summed E-state index contributed by atoms with van der Waals surface area (Å²) < 4.78 is 74.4. The van der Waals surface area contributed by atoms with Gasteiger partial charge in [0, 0.05) is 50.2 Å². The zero-order chi connectivity index (χ0) is 24.7. The minimum absolute atomic E-state index is 0.0778. The lowest BCUT2D eigenvalue weighted by atomic mass is 9.62. The van der Waals surface area contributed by atoms with E-state index in [9.17, 15) is 17.6 Å². The van der Waals surface area contributed by atoms with E-state index in [4.69, 9.17) is 4.74 Å². The zero-order valence-corrected chi connectivity index (χ0v) is 19.9. The monoisotopic (exact) mass is 503 g/mol. The number of hydrazine groups is 1. The molecule has 4 unspecified atom stereocenters. The van der Waals surface area contributed by atoms with Gasteiger partial charge in [0.05, 0.1) is 31.2 Å². The first kappa shape index (κ1) is 25.1. The molecule has 2 N–H and O–H groups in total. The molecule has 0 amide bonds. The molecule has 4 fully saturated rings. The van der Waals surface area contributed by atoms with Crippen LogP contribution >= 0.6 is 0 Å². The van der Waals surface area contributed by atoms with Crippen LogP contribution in [-0.4, -0.2) is 79.0 Å². The van der Waals surface area contributed by atoms with Gasteiger partial charge in [-0.2, -0.15) is 13.2 Å². The molecule has 4 heterocycles. The maximum atomic E-state index is 15.4. The smallest absolute Gasteiger partial charge is 0.401 e. The number of alkyl halides is 4. The van der Waals surface area contributed by atoms with Gasteiger partial charge in [-0.25, -0.2) is 4.39 Å². The van der Waals surface area contributed by atoms with Gasteiger partial charge in [0.15, 0.2) is 0 Å². The van der Waals surface area contributed by atoms with Gasteiger partial charge < -0.3 is 4.74 Å². The van der Waals surface area contributed by atoms with E-state index >= 15 is 4.39 Å². The van der Waals surface area contributed by atoms with Crippen LogP contribution in [0.2, 0.25) is 0 Å². The van der Waals surface area contributed by atoms with Gasteiger partial charge in [0.2, 0.25) is 0 Å². The maximum Gasteiger partial charge on any atom is 0.401 e. The van der Waals surface area contributed by atoms with Gasteiger partial charge in [-0.1, -0.05) is 0 Å². The number of rotatable bonds is 7. The second kappa shape index (κ2) is 10.1. The molecule has 0 bridgehead atoms. The highest BCUT2D eigenvalue weighted by molar-refractivity contribution is 5.25. The number of nitrogens with one attached hydrogen (secondary N) is 2. The third-order valence-electron chi connectivity index (χ3n) is 8.41. The number of fused-ring (bicyclic) bond motifs is 3. The van der Waals surface area contributed by atoms with Crippen molar-refractivity contribution in [2.24, 2.45) is 23.7 Å². The van der Waals surface area contributed by atoms with Crippen LogP contribution in [0.3, 0.4) is 0 Å².